The van der Waals surface area contributed by atoms with Crippen molar-refractivity contribution in [2.24, 2.45) is 5.73 Å². The molecule has 0 aliphatic rings. The summed E-state index contributed by atoms with van der Waals surface area (Å²) in [5.41, 5.74) is 5.83. The molecule has 1 heterocycles. The number of aromatic nitrogens is 1. The zero-order valence-electron chi connectivity index (χ0n) is 7.63. The molecule has 0 saturated carbocycles. The first-order valence-electron chi connectivity index (χ1n) is 4.03. The number of carbonyl (C=O) groups is 1. The second-order valence-electron chi connectivity index (χ2n) is 2.81. The van der Waals surface area contributed by atoms with Crippen LogP contribution in [0.3, 0.4) is 0 Å². The third-order valence-corrected chi connectivity index (χ3v) is 2.02. The fourth-order valence-electron chi connectivity index (χ4n) is 1.26. The molecule has 0 aliphatic heterocycles. The molecule has 0 saturated heterocycles. The lowest BCUT2D eigenvalue weighted by molar-refractivity contribution is 0.112. The van der Waals surface area contributed by atoms with Crippen LogP contribution in [0.5, 0.6) is 0 Å². The van der Waals surface area contributed by atoms with Crippen molar-refractivity contribution in [3.8, 4) is 0 Å². The normalized spacial score (nSPS) is 10.6. The Morgan fingerprint density at radius 1 is 1.64 bits per heavy atom. The van der Waals surface area contributed by atoms with E-state index in [2.05, 4.69) is 4.98 Å². The standard InChI is InChI=1S/C9H10F2N2O/c1-5-8(4-14)6(2-12)7(3-13-5)9(10)11/h3-4,9H,2,12H2,1H3. The van der Waals surface area contributed by atoms with Crippen molar-refractivity contribution in [2.75, 3.05) is 0 Å². The van der Waals surface area contributed by atoms with Gasteiger partial charge in [-0.05, 0) is 12.5 Å². The monoisotopic (exact) mass is 200 g/mol. The van der Waals surface area contributed by atoms with Crippen molar-refractivity contribution in [1.82, 2.24) is 4.98 Å². The average molecular weight is 200 g/mol. The molecule has 0 unspecified atom stereocenters. The molecule has 0 spiro atoms. The van der Waals surface area contributed by atoms with Gasteiger partial charge >= 0.3 is 0 Å². The first-order valence-corrected chi connectivity index (χ1v) is 4.03. The van der Waals surface area contributed by atoms with Crippen molar-refractivity contribution in [3.63, 3.8) is 0 Å². The highest BCUT2D eigenvalue weighted by molar-refractivity contribution is 5.79. The van der Waals surface area contributed by atoms with Gasteiger partial charge in [-0.25, -0.2) is 8.78 Å². The summed E-state index contributed by atoms with van der Waals surface area (Å²) in [6.07, 6.45) is -1.08. The maximum atomic E-state index is 12.5. The molecule has 0 amide bonds. The van der Waals surface area contributed by atoms with Gasteiger partial charge in [-0.2, -0.15) is 0 Å². The number of rotatable bonds is 3. The lowest BCUT2D eigenvalue weighted by atomic mass is 10.0. The van der Waals surface area contributed by atoms with E-state index in [9.17, 15) is 13.6 Å². The largest absolute Gasteiger partial charge is 0.326 e. The first kappa shape index (κ1) is 10.7. The lowest BCUT2D eigenvalue weighted by Gasteiger charge is -2.10. The van der Waals surface area contributed by atoms with Crippen LogP contribution < -0.4 is 5.73 Å². The predicted octanol–water partition coefficient (Wildman–Crippen LogP) is 1.60. The van der Waals surface area contributed by atoms with E-state index in [0.29, 0.717) is 12.0 Å². The number of aryl methyl sites for hydroxylation is 1. The van der Waals surface area contributed by atoms with Gasteiger partial charge in [0.25, 0.3) is 6.43 Å². The Morgan fingerprint density at radius 3 is 2.71 bits per heavy atom. The summed E-state index contributed by atoms with van der Waals surface area (Å²) in [5.74, 6) is 0. The van der Waals surface area contributed by atoms with E-state index in [0.717, 1.165) is 6.20 Å². The van der Waals surface area contributed by atoms with E-state index >= 15 is 0 Å². The molecule has 0 aromatic carbocycles. The second kappa shape index (κ2) is 4.23. The van der Waals surface area contributed by atoms with Gasteiger partial charge in [-0.1, -0.05) is 0 Å². The molecule has 3 nitrogen and oxygen atoms in total. The minimum absolute atomic E-state index is 0.0862. The molecule has 76 valence electrons. The van der Waals surface area contributed by atoms with Crippen molar-refractivity contribution < 1.29 is 13.6 Å². The van der Waals surface area contributed by atoms with Gasteiger partial charge in [0, 0.05) is 29.6 Å². The molecule has 0 radical (unpaired) electrons. The van der Waals surface area contributed by atoms with Crippen molar-refractivity contribution in [1.29, 1.82) is 0 Å². The third-order valence-electron chi connectivity index (χ3n) is 2.02. The van der Waals surface area contributed by atoms with Gasteiger partial charge in [0.15, 0.2) is 6.29 Å². The van der Waals surface area contributed by atoms with Crippen LogP contribution in [0.15, 0.2) is 6.20 Å². The molecule has 2 N–H and O–H groups in total. The smallest absolute Gasteiger partial charge is 0.265 e. The molecule has 0 atom stereocenters. The van der Waals surface area contributed by atoms with E-state index in [1.807, 2.05) is 0 Å². The quantitative estimate of drug-likeness (QED) is 0.754. The number of pyridine rings is 1. The van der Waals surface area contributed by atoms with Crippen LogP contribution >= 0.6 is 0 Å². The number of nitrogens with two attached hydrogens (primary N) is 1. The Morgan fingerprint density at radius 2 is 2.29 bits per heavy atom. The number of alkyl halides is 2. The highest BCUT2D eigenvalue weighted by Crippen LogP contribution is 2.24. The molecule has 5 heteroatoms. The van der Waals surface area contributed by atoms with Crippen LogP contribution in [0.4, 0.5) is 8.78 Å². The van der Waals surface area contributed by atoms with Crippen LogP contribution in [0.1, 0.15) is 33.6 Å². The lowest BCUT2D eigenvalue weighted by Crippen LogP contribution is -2.09. The fourth-order valence-corrected chi connectivity index (χ4v) is 1.26. The molecule has 0 fully saturated rings. The zero-order chi connectivity index (χ0) is 10.7. The molecular weight excluding hydrogens is 190 g/mol. The van der Waals surface area contributed by atoms with Gasteiger partial charge < -0.3 is 5.73 Å². The molecule has 14 heavy (non-hydrogen) atoms. The SMILES string of the molecule is Cc1ncc(C(F)F)c(CN)c1C=O. The number of hydrogen-bond acceptors (Lipinski definition) is 3. The summed E-state index contributed by atoms with van der Waals surface area (Å²) in [5, 5.41) is 0. The van der Waals surface area contributed by atoms with Crippen molar-refractivity contribution in [3.05, 3.63) is 28.6 Å². The van der Waals surface area contributed by atoms with Gasteiger partial charge in [0.05, 0.1) is 0 Å². The van der Waals surface area contributed by atoms with Crippen LogP contribution in [0, 0.1) is 6.92 Å². The number of halogens is 2. The Hall–Kier alpha value is -1.36. The first-order chi connectivity index (χ1) is 6.61. The van der Waals surface area contributed by atoms with Gasteiger partial charge in [0.2, 0.25) is 0 Å². The summed E-state index contributed by atoms with van der Waals surface area (Å²) in [6.45, 7) is 1.50. The fraction of sp³-hybridized carbons (Fsp3) is 0.333. The minimum Gasteiger partial charge on any atom is -0.326 e. The minimum atomic E-state index is -2.65. The molecule has 0 aliphatic carbocycles. The number of carbonyl (C=O) groups excluding carboxylic acids is 1. The zero-order valence-corrected chi connectivity index (χ0v) is 7.63. The van der Waals surface area contributed by atoms with Gasteiger partial charge in [0.1, 0.15) is 0 Å². The van der Waals surface area contributed by atoms with Crippen LogP contribution in [-0.4, -0.2) is 11.3 Å². The van der Waals surface area contributed by atoms with Gasteiger partial charge in [-0.15, -0.1) is 0 Å². The van der Waals surface area contributed by atoms with E-state index in [1.54, 1.807) is 6.92 Å². The summed E-state index contributed by atoms with van der Waals surface area (Å²) in [6, 6.07) is 0. The van der Waals surface area contributed by atoms with E-state index in [1.165, 1.54) is 0 Å². The third kappa shape index (κ3) is 1.77. The van der Waals surface area contributed by atoms with Crippen LogP contribution in [0.25, 0.3) is 0 Å². The summed E-state index contributed by atoms with van der Waals surface area (Å²) >= 11 is 0. The highest BCUT2D eigenvalue weighted by atomic mass is 19.3. The number of hydrogen-bond donors (Lipinski definition) is 1. The maximum absolute atomic E-state index is 12.5. The number of aldehydes is 1. The van der Waals surface area contributed by atoms with Crippen molar-refractivity contribution >= 4 is 6.29 Å². The maximum Gasteiger partial charge on any atom is 0.265 e. The Bertz CT molecular complexity index is 353. The molecule has 1 rings (SSSR count). The van der Waals surface area contributed by atoms with Crippen LogP contribution in [-0.2, 0) is 6.54 Å². The van der Waals surface area contributed by atoms with Crippen molar-refractivity contribution in [2.45, 2.75) is 19.9 Å². The second-order valence-corrected chi connectivity index (χ2v) is 2.81. The molecular formula is C9H10F2N2O. The van der Waals surface area contributed by atoms with Gasteiger partial charge in [-0.3, -0.25) is 9.78 Å². The molecule has 0 bridgehead atoms. The average Bonchev–Trinajstić information content (AvgIpc) is 2.16. The topological polar surface area (TPSA) is 56.0 Å². The Balaban J connectivity index is 3.40. The predicted molar refractivity (Wildman–Crippen MR) is 47.2 cm³/mol. The van der Waals surface area contributed by atoms with E-state index in [4.69, 9.17) is 5.73 Å². The summed E-state index contributed by atoms with van der Waals surface area (Å²) < 4.78 is 24.9. The molecule has 1 aromatic heterocycles. The Labute approximate surface area is 79.9 Å². The van der Waals surface area contributed by atoms with Crippen LogP contribution in [0.2, 0.25) is 0 Å². The number of nitrogens with zero attached hydrogens (tertiary/aromatic N) is 1. The van der Waals surface area contributed by atoms with E-state index < -0.39 is 6.43 Å². The van der Waals surface area contributed by atoms with E-state index in [-0.39, 0.29) is 23.2 Å². The summed E-state index contributed by atoms with van der Waals surface area (Å²) in [4.78, 5) is 14.4. The molecule has 1 aromatic rings. The highest BCUT2D eigenvalue weighted by Gasteiger charge is 2.17. The Kier molecular flexibility index (Phi) is 3.24. The summed E-state index contributed by atoms with van der Waals surface area (Å²) in [7, 11) is 0.